The summed E-state index contributed by atoms with van der Waals surface area (Å²) in [5, 5.41) is 2.14. The molecule has 0 spiro atoms. The number of methoxy groups -OCH3 is 2. The van der Waals surface area contributed by atoms with E-state index in [2.05, 4.69) is 16.6 Å². The molecule has 0 aromatic rings. The molecule has 0 rings (SSSR count). The molecule has 82 valence electrons. The minimum Gasteiger partial charge on any atom is -0.444 e. The second-order valence-corrected chi connectivity index (χ2v) is 2.37. The summed E-state index contributed by atoms with van der Waals surface area (Å²) in [4.78, 5) is 10.8. The number of rotatable bonds is 6. The van der Waals surface area contributed by atoms with Crippen LogP contribution in [0.1, 0.15) is 0 Å². The van der Waals surface area contributed by atoms with Gasteiger partial charge in [0, 0.05) is 14.2 Å². The molecule has 0 aliphatic rings. The molecule has 1 N–H and O–H groups in total. The highest BCUT2D eigenvalue weighted by Crippen LogP contribution is 1.93. The van der Waals surface area contributed by atoms with E-state index >= 15 is 0 Å². The third kappa shape index (κ3) is 6.38. The number of carbonyl (C=O) groups is 1. The van der Waals surface area contributed by atoms with Crippen molar-refractivity contribution in [1.29, 1.82) is 0 Å². The lowest BCUT2D eigenvalue weighted by Crippen LogP contribution is -2.30. The molecule has 0 atom stereocenters. The van der Waals surface area contributed by atoms with E-state index in [1.54, 1.807) is 0 Å². The van der Waals surface area contributed by atoms with E-state index in [-0.39, 0.29) is 13.2 Å². The minimum atomic E-state index is -0.747. The van der Waals surface area contributed by atoms with Crippen LogP contribution in [0.5, 0.6) is 0 Å². The molecule has 6 heteroatoms. The molecule has 0 saturated heterocycles. The third-order valence-corrected chi connectivity index (χ3v) is 1.30. The van der Waals surface area contributed by atoms with Crippen LogP contribution < -0.4 is 5.32 Å². The average Bonchev–Trinajstić information content (AvgIpc) is 2.16. The standard InChI is InChI=1S/C8H14FNO4/c1-6(9)4-10-8(11)14-5-7(12-2)13-3/h7H,1,4-5H2,2-3H3,(H,10,11). The summed E-state index contributed by atoms with van der Waals surface area (Å²) in [6.07, 6.45) is -1.36. The molecule has 0 saturated carbocycles. The predicted octanol–water partition coefficient (Wildman–Crippen LogP) is 0.815. The topological polar surface area (TPSA) is 56.8 Å². The van der Waals surface area contributed by atoms with Crippen LogP contribution in [0.3, 0.4) is 0 Å². The predicted molar refractivity (Wildman–Crippen MR) is 47.4 cm³/mol. The maximum Gasteiger partial charge on any atom is 0.407 e. The summed E-state index contributed by atoms with van der Waals surface area (Å²) in [5.74, 6) is -0.642. The SMILES string of the molecule is C=C(F)CNC(=O)OCC(OC)OC. The molecule has 0 heterocycles. The second-order valence-electron chi connectivity index (χ2n) is 2.37. The quantitative estimate of drug-likeness (QED) is 0.655. The first-order valence-electron chi connectivity index (χ1n) is 3.89. The Kier molecular flexibility index (Phi) is 6.69. The van der Waals surface area contributed by atoms with Gasteiger partial charge >= 0.3 is 6.09 Å². The lowest BCUT2D eigenvalue weighted by Gasteiger charge is -2.13. The van der Waals surface area contributed by atoms with E-state index in [1.807, 2.05) is 0 Å². The summed E-state index contributed by atoms with van der Waals surface area (Å²) in [6, 6.07) is 0. The average molecular weight is 207 g/mol. The van der Waals surface area contributed by atoms with Crippen molar-refractivity contribution in [2.24, 2.45) is 0 Å². The normalized spacial score (nSPS) is 10.0. The van der Waals surface area contributed by atoms with Crippen molar-refractivity contribution in [3.63, 3.8) is 0 Å². The van der Waals surface area contributed by atoms with Crippen LogP contribution in [0.4, 0.5) is 9.18 Å². The van der Waals surface area contributed by atoms with Gasteiger partial charge < -0.3 is 19.5 Å². The number of halogens is 1. The molecule has 0 unspecified atom stereocenters. The molecule has 0 bridgehead atoms. The molecule has 5 nitrogen and oxygen atoms in total. The molecule has 0 aliphatic carbocycles. The van der Waals surface area contributed by atoms with Crippen molar-refractivity contribution < 1.29 is 23.4 Å². The summed E-state index contributed by atoms with van der Waals surface area (Å²) in [6.45, 7) is 2.65. The smallest absolute Gasteiger partial charge is 0.407 e. The van der Waals surface area contributed by atoms with Crippen molar-refractivity contribution in [2.45, 2.75) is 6.29 Å². The highest BCUT2D eigenvalue weighted by atomic mass is 19.1. The number of amides is 1. The number of alkyl carbamates (subject to hydrolysis) is 1. The van der Waals surface area contributed by atoms with Gasteiger partial charge in [0.2, 0.25) is 0 Å². The van der Waals surface area contributed by atoms with E-state index < -0.39 is 18.2 Å². The lowest BCUT2D eigenvalue weighted by atomic mass is 10.6. The van der Waals surface area contributed by atoms with Crippen LogP contribution in [-0.4, -0.2) is 39.8 Å². The van der Waals surface area contributed by atoms with Gasteiger partial charge in [-0.25, -0.2) is 9.18 Å². The number of carbonyl (C=O) groups excluding carboxylic acids is 1. The van der Waals surface area contributed by atoms with E-state index in [9.17, 15) is 9.18 Å². The van der Waals surface area contributed by atoms with E-state index in [1.165, 1.54) is 14.2 Å². The Morgan fingerprint density at radius 2 is 2.07 bits per heavy atom. The number of ether oxygens (including phenoxy) is 3. The molecule has 0 aromatic heterocycles. The first-order valence-corrected chi connectivity index (χ1v) is 3.89. The Balaban J connectivity index is 3.57. The van der Waals surface area contributed by atoms with Crippen molar-refractivity contribution in [1.82, 2.24) is 5.32 Å². The molecule has 0 radical (unpaired) electrons. The zero-order chi connectivity index (χ0) is 11.0. The Bertz CT molecular complexity index is 194. The Morgan fingerprint density at radius 1 is 1.50 bits per heavy atom. The Hall–Kier alpha value is -1.14. The molecule has 0 fully saturated rings. The first-order chi connectivity index (χ1) is 6.60. The zero-order valence-corrected chi connectivity index (χ0v) is 8.21. The summed E-state index contributed by atoms with van der Waals surface area (Å²) < 4.78 is 26.2. The fourth-order valence-electron chi connectivity index (χ4n) is 0.595. The van der Waals surface area contributed by atoms with Crippen LogP contribution in [0, 0.1) is 0 Å². The highest BCUT2D eigenvalue weighted by molar-refractivity contribution is 5.67. The largest absolute Gasteiger partial charge is 0.444 e. The van der Waals surface area contributed by atoms with Crippen LogP contribution in [0.15, 0.2) is 12.4 Å². The van der Waals surface area contributed by atoms with Gasteiger partial charge in [0.1, 0.15) is 12.4 Å². The summed E-state index contributed by atoms with van der Waals surface area (Å²) in [5.41, 5.74) is 0. The van der Waals surface area contributed by atoms with Crippen molar-refractivity contribution in [3.8, 4) is 0 Å². The monoisotopic (exact) mass is 207 g/mol. The van der Waals surface area contributed by atoms with Gasteiger partial charge in [-0.2, -0.15) is 0 Å². The summed E-state index contributed by atoms with van der Waals surface area (Å²) in [7, 11) is 2.83. The molecular weight excluding hydrogens is 193 g/mol. The zero-order valence-electron chi connectivity index (χ0n) is 8.21. The maximum absolute atomic E-state index is 12.1. The van der Waals surface area contributed by atoms with Crippen LogP contribution in [-0.2, 0) is 14.2 Å². The lowest BCUT2D eigenvalue weighted by molar-refractivity contribution is -0.128. The molecular formula is C8H14FNO4. The third-order valence-electron chi connectivity index (χ3n) is 1.30. The van der Waals surface area contributed by atoms with Crippen LogP contribution in [0.25, 0.3) is 0 Å². The van der Waals surface area contributed by atoms with Gasteiger partial charge in [-0.05, 0) is 0 Å². The van der Waals surface area contributed by atoms with Gasteiger partial charge in [-0.1, -0.05) is 6.58 Å². The molecule has 0 aliphatic heterocycles. The van der Waals surface area contributed by atoms with Gasteiger partial charge in [0.05, 0.1) is 6.54 Å². The maximum atomic E-state index is 12.1. The van der Waals surface area contributed by atoms with Crippen LogP contribution >= 0.6 is 0 Å². The minimum absolute atomic E-state index is 0.0579. The second kappa shape index (κ2) is 7.28. The van der Waals surface area contributed by atoms with E-state index in [0.717, 1.165) is 0 Å². The van der Waals surface area contributed by atoms with Gasteiger partial charge in [0.25, 0.3) is 0 Å². The Labute approximate surface area is 81.8 Å². The molecule has 1 amide bonds. The fourth-order valence-corrected chi connectivity index (χ4v) is 0.595. The number of hydrogen-bond donors (Lipinski definition) is 1. The first kappa shape index (κ1) is 12.9. The fraction of sp³-hybridized carbons (Fsp3) is 0.625. The van der Waals surface area contributed by atoms with E-state index in [0.29, 0.717) is 0 Å². The van der Waals surface area contributed by atoms with Gasteiger partial charge in [-0.15, -0.1) is 0 Å². The molecule has 0 aromatic carbocycles. The summed E-state index contributed by atoms with van der Waals surface area (Å²) >= 11 is 0. The van der Waals surface area contributed by atoms with E-state index in [4.69, 9.17) is 9.47 Å². The molecule has 14 heavy (non-hydrogen) atoms. The Morgan fingerprint density at radius 3 is 2.50 bits per heavy atom. The van der Waals surface area contributed by atoms with Crippen molar-refractivity contribution in [2.75, 3.05) is 27.4 Å². The number of nitrogens with one attached hydrogen (secondary N) is 1. The van der Waals surface area contributed by atoms with Crippen molar-refractivity contribution >= 4 is 6.09 Å². The van der Waals surface area contributed by atoms with Crippen molar-refractivity contribution in [3.05, 3.63) is 12.4 Å². The van der Waals surface area contributed by atoms with Gasteiger partial charge in [0.15, 0.2) is 6.29 Å². The number of hydrogen-bond acceptors (Lipinski definition) is 4. The van der Waals surface area contributed by atoms with Crippen LogP contribution in [0.2, 0.25) is 0 Å². The highest BCUT2D eigenvalue weighted by Gasteiger charge is 2.09. The van der Waals surface area contributed by atoms with Gasteiger partial charge in [-0.3, -0.25) is 0 Å².